The maximum absolute atomic E-state index is 13.6. The number of ether oxygens (including phenoxy) is 3. The van der Waals surface area contributed by atoms with Gasteiger partial charge in [0.15, 0.2) is 0 Å². The second-order valence-electron chi connectivity index (χ2n) is 9.50. The Labute approximate surface area is 234 Å². The normalized spacial score (nSPS) is 17.0. The maximum atomic E-state index is 13.6. The van der Waals surface area contributed by atoms with E-state index in [-0.39, 0.29) is 11.9 Å². The topological polar surface area (TPSA) is 65.0 Å². The van der Waals surface area contributed by atoms with Crippen LogP contribution in [-0.2, 0) is 18.0 Å². The maximum Gasteiger partial charge on any atom is 0.123 e. The van der Waals surface area contributed by atoms with Gasteiger partial charge in [-0.1, -0.05) is 24.3 Å². The number of hydrogen-bond acceptors (Lipinski definition) is 6. The molecule has 0 saturated heterocycles. The molecule has 1 N–H and O–H groups in total. The molecule has 5 rings (SSSR count). The quantitative estimate of drug-likeness (QED) is 0.245. The number of rotatable bonds is 10. The lowest BCUT2D eigenvalue weighted by Gasteiger charge is -2.25. The summed E-state index contributed by atoms with van der Waals surface area (Å²) in [4.78, 5) is 8.91. The summed E-state index contributed by atoms with van der Waals surface area (Å²) in [6, 6.07) is 26.2. The van der Waals surface area contributed by atoms with Gasteiger partial charge in [-0.25, -0.2) is 4.39 Å². The minimum Gasteiger partial charge on any atom is -0.497 e. The summed E-state index contributed by atoms with van der Waals surface area (Å²) < 4.78 is 31.0. The molecule has 1 atom stereocenters. The third-order valence-electron chi connectivity index (χ3n) is 6.59. The van der Waals surface area contributed by atoms with Crippen LogP contribution in [0.3, 0.4) is 0 Å². The van der Waals surface area contributed by atoms with Crippen molar-refractivity contribution in [1.82, 2.24) is 10.3 Å². The molecule has 0 spiro atoms. The molecule has 1 aliphatic rings. The van der Waals surface area contributed by atoms with Crippen molar-refractivity contribution in [3.05, 3.63) is 125 Å². The molecule has 0 radical (unpaired) electrons. The molecule has 3 aromatic carbocycles. The molecule has 40 heavy (non-hydrogen) atoms. The monoisotopic (exact) mass is 537 g/mol. The van der Waals surface area contributed by atoms with Crippen LogP contribution < -0.4 is 14.8 Å². The fraction of sp³-hybridized carbons (Fsp3) is 0.212. The average Bonchev–Trinajstić information content (AvgIpc) is 2.99. The summed E-state index contributed by atoms with van der Waals surface area (Å²) >= 11 is 0. The first-order valence-corrected chi connectivity index (χ1v) is 13.3. The van der Waals surface area contributed by atoms with Crippen molar-refractivity contribution in [2.75, 3.05) is 13.7 Å². The molecule has 0 saturated carbocycles. The summed E-state index contributed by atoms with van der Waals surface area (Å²) in [5, 5.41) is 3.67. The number of nitrogens with one attached hydrogen (secondary N) is 1. The lowest BCUT2D eigenvalue weighted by molar-refractivity contribution is 0.101. The third kappa shape index (κ3) is 7.33. The summed E-state index contributed by atoms with van der Waals surface area (Å²) in [6.07, 6.45) is 7.09. The zero-order valence-electron chi connectivity index (χ0n) is 22.4. The molecule has 4 aromatic rings. The van der Waals surface area contributed by atoms with Gasteiger partial charge in [0, 0.05) is 35.8 Å². The fourth-order valence-electron chi connectivity index (χ4n) is 4.46. The van der Waals surface area contributed by atoms with Gasteiger partial charge in [0.25, 0.3) is 0 Å². The first-order chi connectivity index (χ1) is 19.7. The number of pyridine rings is 1. The zero-order valence-corrected chi connectivity index (χ0v) is 22.4. The van der Waals surface area contributed by atoms with Crippen molar-refractivity contribution >= 4 is 17.6 Å². The molecule has 2 heterocycles. The van der Waals surface area contributed by atoms with E-state index in [1.54, 1.807) is 31.6 Å². The van der Waals surface area contributed by atoms with Crippen LogP contribution in [0.25, 0.3) is 11.4 Å². The average molecular weight is 538 g/mol. The van der Waals surface area contributed by atoms with Gasteiger partial charge in [-0.2, -0.15) is 0 Å². The van der Waals surface area contributed by atoms with Gasteiger partial charge in [0.2, 0.25) is 0 Å². The van der Waals surface area contributed by atoms with E-state index in [1.165, 1.54) is 12.1 Å². The first kappa shape index (κ1) is 27.1. The molecule has 0 unspecified atom stereocenters. The Bertz CT molecular complexity index is 1440. The number of nitrogens with zero attached hydrogens (tertiary/aromatic N) is 2. The lowest BCUT2D eigenvalue weighted by Crippen LogP contribution is -2.33. The number of aliphatic imine (C=N–C) groups is 1. The van der Waals surface area contributed by atoms with Crippen molar-refractivity contribution in [2.24, 2.45) is 4.99 Å². The summed E-state index contributed by atoms with van der Waals surface area (Å²) in [5.41, 5.74) is 5.53. The SMILES string of the molecule is COc1ccc(COc2cccc(COC[C@@H]3CCC=N/C(c4ccc(F)cc4)=C(/c4ccncc4)N3)c2)cc1. The van der Waals surface area contributed by atoms with Crippen LogP contribution in [0.15, 0.2) is 102 Å². The largest absolute Gasteiger partial charge is 0.497 e. The van der Waals surface area contributed by atoms with Gasteiger partial charge < -0.3 is 19.5 Å². The van der Waals surface area contributed by atoms with Crippen molar-refractivity contribution in [2.45, 2.75) is 32.1 Å². The Morgan fingerprint density at radius 3 is 2.42 bits per heavy atom. The number of hydrogen-bond donors (Lipinski definition) is 1. The number of methoxy groups -OCH3 is 1. The molecule has 0 fully saturated rings. The van der Waals surface area contributed by atoms with Crippen molar-refractivity contribution < 1.29 is 18.6 Å². The van der Waals surface area contributed by atoms with Crippen LogP contribution in [0.5, 0.6) is 11.5 Å². The zero-order chi connectivity index (χ0) is 27.6. The van der Waals surface area contributed by atoms with Crippen LogP contribution in [0, 0.1) is 5.82 Å². The van der Waals surface area contributed by atoms with Crippen molar-refractivity contribution in [1.29, 1.82) is 0 Å². The summed E-state index contributed by atoms with van der Waals surface area (Å²) in [5.74, 6) is 1.34. The van der Waals surface area contributed by atoms with Crippen LogP contribution in [0.2, 0.25) is 0 Å². The van der Waals surface area contributed by atoms with Gasteiger partial charge in [-0.15, -0.1) is 0 Å². The smallest absolute Gasteiger partial charge is 0.123 e. The number of halogens is 1. The van der Waals surface area contributed by atoms with Crippen LogP contribution in [0.1, 0.15) is 35.1 Å². The molecule has 0 aliphatic carbocycles. The molecule has 1 aliphatic heterocycles. The molecule has 6 nitrogen and oxygen atoms in total. The number of aromatic nitrogens is 1. The highest BCUT2D eigenvalue weighted by atomic mass is 19.1. The number of benzene rings is 3. The van der Waals surface area contributed by atoms with Gasteiger partial charge in [0.05, 0.1) is 31.7 Å². The predicted molar refractivity (Wildman–Crippen MR) is 156 cm³/mol. The Hall–Kier alpha value is -4.49. The molecule has 7 heteroatoms. The Morgan fingerprint density at radius 2 is 1.65 bits per heavy atom. The third-order valence-corrected chi connectivity index (χ3v) is 6.59. The van der Waals surface area contributed by atoms with E-state index < -0.39 is 0 Å². The highest BCUT2D eigenvalue weighted by Crippen LogP contribution is 2.28. The molecular weight excluding hydrogens is 505 g/mol. The predicted octanol–water partition coefficient (Wildman–Crippen LogP) is 6.67. The Balaban J connectivity index is 1.24. The lowest BCUT2D eigenvalue weighted by atomic mass is 10.0. The van der Waals surface area contributed by atoms with Crippen LogP contribution in [0.4, 0.5) is 4.39 Å². The molecule has 0 amide bonds. The van der Waals surface area contributed by atoms with Gasteiger partial charge in [-0.3, -0.25) is 9.98 Å². The standard InChI is InChI=1S/C33H32FN3O3/c1-38-30-13-7-24(8-14-30)22-40-31-6-2-4-25(20-31)21-39-23-29-5-3-17-36-32(26-9-11-28(34)12-10-26)33(37-29)27-15-18-35-19-16-27/h2,4,6-20,29,37H,3,5,21-23H2,1H3/b33-32-,36-17?/t29-/m0/s1. The Kier molecular flexibility index (Phi) is 9.17. The van der Waals surface area contributed by atoms with Crippen LogP contribution >= 0.6 is 0 Å². The fourth-order valence-corrected chi connectivity index (χ4v) is 4.46. The molecule has 0 bridgehead atoms. The van der Waals surface area contributed by atoms with E-state index in [4.69, 9.17) is 19.2 Å². The minimum atomic E-state index is -0.279. The highest BCUT2D eigenvalue weighted by Gasteiger charge is 2.18. The van der Waals surface area contributed by atoms with Gasteiger partial charge >= 0.3 is 0 Å². The summed E-state index contributed by atoms with van der Waals surface area (Å²) in [7, 11) is 1.66. The van der Waals surface area contributed by atoms with E-state index >= 15 is 0 Å². The molecule has 1 aromatic heterocycles. The molecular formula is C33H32FN3O3. The van der Waals surface area contributed by atoms with E-state index in [0.717, 1.165) is 58.0 Å². The second kappa shape index (κ2) is 13.5. The van der Waals surface area contributed by atoms with E-state index in [0.29, 0.717) is 19.8 Å². The van der Waals surface area contributed by atoms with Crippen molar-refractivity contribution in [3.8, 4) is 11.5 Å². The van der Waals surface area contributed by atoms with E-state index in [2.05, 4.69) is 10.3 Å². The van der Waals surface area contributed by atoms with E-state index in [9.17, 15) is 4.39 Å². The molecule has 204 valence electrons. The Morgan fingerprint density at radius 1 is 0.850 bits per heavy atom. The highest BCUT2D eigenvalue weighted by molar-refractivity contribution is 5.92. The van der Waals surface area contributed by atoms with Crippen LogP contribution in [-0.4, -0.2) is 31.0 Å². The first-order valence-electron chi connectivity index (χ1n) is 13.3. The van der Waals surface area contributed by atoms with Gasteiger partial charge in [-0.05, 0) is 84.6 Å². The second-order valence-corrected chi connectivity index (χ2v) is 9.50. The summed E-state index contributed by atoms with van der Waals surface area (Å²) in [6.45, 7) is 1.45. The minimum absolute atomic E-state index is 0.0554. The van der Waals surface area contributed by atoms with E-state index in [1.807, 2.05) is 66.9 Å². The van der Waals surface area contributed by atoms with Gasteiger partial charge in [0.1, 0.15) is 23.9 Å². The van der Waals surface area contributed by atoms with Crippen molar-refractivity contribution in [3.63, 3.8) is 0 Å².